The van der Waals surface area contributed by atoms with Crippen molar-refractivity contribution in [1.29, 1.82) is 0 Å². The van der Waals surface area contributed by atoms with Crippen LogP contribution in [0.15, 0.2) is 24.3 Å². The lowest BCUT2D eigenvalue weighted by Crippen LogP contribution is -2.41. The molecule has 1 aromatic heterocycles. The van der Waals surface area contributed by atoms with E-state index in [1.807, 2.05) is 18.2 Å². The quantitative estimate of drug-likeness (QED) is 0.784. The van der Waals surface area contributed by atoms with Crippen LogP contribution in [-0.4, -0.2) is 23.3 Å². The number of hydrogen-bond donors (Lipinski definition) is 0. The molecule has 1 aromatic rings. The maximum absolute atomic E-state index is 5.93. The van der Waals surface area contributed by atoms with E-state index in [0.29, 0.717) is 5.92 Å². The van der Waals surface area contributed by atoms with E-state index in [9.17, 15) is 0 Å². The predicted molar refractivity (Wildman–Crippen MR) is 83.4 cm³/mol. The molecule has 1 fully saturated rings. The van der Waals surface area contributed by atoms with E-state index in [1.54, 1.807) is 0 Å². The molecule has 1 saturated heterocycles. The molecule has 4 heteroatoms. The van der Waals surface area contributed by atoms with Crippen LogP contribution >= 0.6 is 0 Å². The Hall–Kier alpha value is -1.13. The van der Waals surface area contributed by atoms with Gasteiger partial charge in [-0.15, -0.1) is 0 Å². The van der Waals surface area contributed by atoms with Crippen molar-refractivity contribution in [2.75, 3.05) is 0 Å². The average molecular weight is 273 g/mol. The van der Waals surface area contributed by atoms with Gasteiger partial charge in [0.25, 0.3) is 0 Å². The molecule has 0 aliphatic carbocycles. The second kappa shape index (κ2) is 5.34. The van der Waals surface area contributed by atoms with Crippen LogP contribution in [0.5, 0.6) is 0 Å². The Morgan fingerprint density at radius 3 is 2.30 bits per heavy atom. The fraction of sp³-hybridized carbons (Fsp3) is 0.562. The Morgan fingerprint density at radius 1 is 1.15 bits per heavy atom. The van der Waals surface area contributed by atoms with Gasteiger partial charge in [0, 0.05) is 6.20 Å². The molecule has 1 aliphatic heterocycles. The molecule has 0 atom stereocenters. The van der Waals surface area contributed by atoms with Gasteiger partial charge < -0.3 is 9.31 Å². The number of hydrogen-bond acceptors (Lipinski definition) is 3. The zero-order valence-electron chi connectivity index (χ0n) is 13.3. The summed E-state index contributed by atoms with van der Waals surface area (Å²) in [7, 11) is -0.315. The van der Waals surface area contributed by atoms with Gasteiger partial charge in [-0.05, 0) is 57.4 Å². The first-order valence-electron chi connectivity index (χ1n) is 7.21. The molecule has 0 saturated carbocycles. The first-order valence-corrected chi connectivity index (χ1v) is 7.21. The molecular formula is C16H24BNO2. The van der Waals surface area contributed by atoms with Gasteiger partial charge in [0.2, 0.25) is 0 Å². The van der Waals surface area contributed by atoms with E-state index in [1.165, 1.54) is 5.56 Å². The standard InChI is InChI=1S/C16H24BNO2/c1-12(2)13-8-10-18-14(11-13)7-9-17-19-15(3,4)16(5,6)20-17/h7-12H,1-6H3/b9-7+. The highest BCUT2D eigenvalue weighted by molar-refractivity contribution is 6.52. The first kappa shape index (κ1) is 15.3. The summed E-state index contributed by atoms with van der Waals surface area (Å²) >= 11 is 0. The lowest BCUT2D eigenvalue weighted by molar-refractivity contribution is 0.00578. The van der Waals surface area contributed by atoms with Gasteiger partial charge >= 0.3 is 7.12 Å². The number of nitrogens with zero attached hydrogens (tertiary/aromatic N) is 1. The number of pyridine rings is 1. The highest BCUT2D eigenvalue weighted by atomic mass is 16.7. The molecule has 0 bridgehead atoms. The summed E-state index contributed by atoms with van der Waals surface area (Å²) in [6.45, 7) is 12.6. The normalized spacial score (nSPS) is 21.1. The minimum Gasteiger partial charge on any atom is -0.400 e. The Bertz CT molecular complexity index is 493. The predicted octanol–water partition coefficient (Wildman–Crippen LogP) is 3.85. The van der Waals surface area contributed by atoms with Crippen LogP contribution in [-0.2, 0) is 9.31 Å². The average Bonchev–Trinajstić information content (AvgIpc) is 2.56. The van der Waals surface area contributed by atoms with E-state index in [2.05, 4.69) is 58.7 Å². The first-order chi connectivity index (χ1) is 9.21. The van der Waals surface area contributed by atoms with Crippen LogP contribution < -0.4 is 0 Å². The van der Waals surface area contributed by atoms with Gasteiger partial charge in [-0.25, -0.2) is 0 Å². The third kappa shape index (κ3) is 3.13. The third-order valence-corrected chi connectivity index (χ3v) is 4.17. The molecule has 1 aliphatic rings. The topological polar surface area (TPSA) is 31.4 Å². The van der Waals surface area contributed by atoms with E-state index in [4.69, 9.17) is 9.31 Å². The maximum Gasteiger partial charge on any atom is 0.487 e. The summed E-state index contributed by atoms with van der Waals surface area (Å²) < 4.78 is 11.9. The molecular weight excluding hydrogens is 249 g/mol. The van der Waals surface area contributed by atoms with Crippen LogP contribution in [0, 0.1) is 0 Å². The number of aromatic nitrogens is 1. The molecule has 0 radical (unpaired) electrons. The van der Waals surface area contributed by atoms with Crippen LogP contribution in [0.2, 0.25) is 0 Å². The second-order valence-corrected chi connectivity index (χ2v) is 6.65. The fourth-order valence-electron chi connectivity index (χ4n) is 2.06. The highest BCUT2D eigenvalue weighted by Gasteiger charge is 2.49. The zero-order valence-corrected chi connectivity index (χ0v) is 13.3. The minimum atomic E-state index is -0.315. The Morgan fingerprint density at radius 2 is 1.75 bits per heavy atom. The van der Waals surface area contributed by atoms with Gasteiger partial charge in [-0.1, -0.05) is 19.8 Å². The lowest BCUT2D eigenvalue weighted by Gasteiger charge is -2.32. The van der Waals surface area contributed by atoms with Crippen LogP contribution in [0.1, 0.15) is 58.7 Å². The highest BCUT2D eigenvalue weighted by Crippen LogP contribution is 2.37. The van der Waals surface area contributed by atoms with Crippen LogP contribution in [0.3, 0.4) is 0 Å². The largest absolute Gasteiger partial charge is 0.487 e. The molecule has 20 heavy (non-hydrogen) atoms. The molecule has 108 valence electrons. The van der Waals surface area contributed by atoms with Gasteiger partial charge in [0.05, 0.1) is 16.9 Å². The van der Waals surface area contributed by atoms with Crippen LogP contribution in [0.4, 0.5) is 0 Å². The Balaban J connectivity index is 2.10. The maximum atomic E-state index is 5.93. The number of rotatable bonds is 3. The van der Waals surface area contributed by atoms with Crippen molar-refractivity contribution < 1.29 is 9.31 Å². The van der Waals surface area contributed by atoms with E-state index < -0.39 is 0 Å². The van der Waals surface area contributed by atoms with Crippen molar-refractivity contribution >= 4 is 13.2 Å². The van der Waals surface area contributed by atoms with Crippen molar-refractivity contribution in [3.05, 3.63) is 35.6 Å². The van der Waals surface area contributed by atoms with Gasteiger partial charge in [0.1, 0.15) is 0 Å². The van der Waals surface area contributed by atoms with Gasteiger partial charge in [-0.3, -0.25) is 4.98 Å². The van der Waals surface area contributed by atoms with E-state index in [-0.39, 0.29) is 18.3 Å². The van der Waals surface area contributed by atoms with Crippen molar-refractivity contribution in [1.82, 2.24) is 4.98 Å². The fourth-order valence-corrected chi connectivity index (χ4v) is 2.06. The summed E-state index contributed by atoms with van der Waals surface area (Å²) in [5.41, 5.74) is 1.63. The van der Waals surface area contributed by atoms with Crippen molar-refractivity contribution in [2.24, 2.45) is 0 Å². The SMILES string of the molecule is CC(C)c1ccnc(/C=C/B2OC(C)(C)C(C)(C)O2)c1. The molecule has 0 unspecified atom stereocenters. The molecule has 3 nitrogen and oxygen atoms in total. The Labute approximate surface area is 122 Å². The summed E-state index contributed by atoms with van der Waals surface area (Å²) in [6.07, 6.45) is 3.81. The van der Waals surface area contributed by atoms with Gasteiger partial charge in [0.15, 0.2) is 0 Å². The zero-order chi connectivity index (χ0) is 15.0. The van der Waals surface area contributed by atoms with Crippen LogP contribution in [0.25, 0.3) is 6.08 Å². The Kier molecular flexibility index (Phi) is 4.08. The van der Waals surface area contributed by atoms with Gasteiger partial charge in [-0.2, -0.15) is 0 Å². The molecule has 0 N–H and O–H groups in total. The van der Waals surface area contributed by atoms with E-state index in [0.717, 1.165) is 5.69 Å². The summed E-state index contributed by atoms with van der Waals surface area (Å²) in [5, 5.41) is 0. The monoisotopic (exact) mass is 273 g/mol. The minimum absolute atomic E-state index is 0.296. The molecule has 0 spiro atoms. The molecule has 0 aromatic carbocycles. The summed E-state index contributed by atoms with van der Waals surface area (Å²) in [6, 6.07) is 4.16. The van der Waals surface area contributed by atoms with Crippen molar-refractivity contribution in [2.45, 2.75) is 58.7 Å². The third-order valence-electron chi connectivity index (χ3n) is 4.17. The van der Waals surface area contributed by atoms with E-state index >= 15 is 0 Å². The van der Waals surface area contributed by atoms with Crippen molar-refractivity contribution in [3.63, 3.8) is 0 Å². The van der Waals surface area contributed by atoms with Crippen molar-refractivity contribution in [3.8, 4) is 0 Å². The smallest absolute Gasteiger partial charge is 0.400 e. The summed E-state index contributed by atoms with van der Waals surface area (Å²) in [4.78, 5) is 4.36. The lowest BCUT2D eigenvalue weighted by atomic mass is 9.89. The molecule has 2 heterocycles. The second-order valence-electron chi connectivity index (χ2n) is 6.65. The molecule has 0 amide bonds. The molecule has 2 rings (SSSR count). The summed E-state index contributed by atoms with van der Waals surface area (Å²) in [5.74, 6) is 2.44.